The third-order valence-electron chi connectivity index (χ3n) is 5.37. The molecule has 0 spiro atoms. The van der Waals surface area contributed by atoms with Crippen LogP contribution in [0, 0.1) is 0 Å². The summed E-state index contributed by atoms with van der Waals surface area (Å²) >= 11 is 12.6. The zero-order valence-corrected chi connectivity index (χ0v) is 18.6. The van der Waals surface area contributed by atoms with E-state index in [1.54, 1.807) is 26.0 Å². The molecule has 7 nitrogen and oxygen atoms in total. The van der Waals surface area contributed by atoms with Crippen LogP contribution in [0.5, 0.6) is 0 Å². The molecule has 2 aromatic rings. The average Bonchev–Trinajstić information content (AvgIpc) is 2.76. The van der Waals surface area contributed by atoms with E-state index in [1.165, 1.54) is 24.3 Å². The molecule has 0 unspecified atom stereocenters. The van der Waals surface area contributed by atoms with E-state index in [0.29, 0.717) is 0 Å². The number of esters is 2. The van der Waals surface area contributed by atoms with E-state index in [1.807, 2.05) is 0 Å². The molecule has 0 bridgehead atoms. The van der Waals surface area contributed by atoms with Crippen molar-refractivity contribution in [1.82, 2.24) is 0 Å². The molecular formula is C23H17Cl2NO6. The minimum absolute atomic E-state index is 0.0221. The first-order valence-corrected chi connectivity index (χ1v) is 10.6. The maximum absolute atomic E-state index is 13.7. The van der Waals surface area contributed by atoms with Gasteiger partial charge in [-0.15, -0.1) is 0 Å². The Balaban J connectivity index is 2.15. The summed E-state index contributed by atoms with van der Waals surface area (Å²) in [5, 5.41) is 3.04. The molecule has 1 N–H and O–H groups in total. The van der Waals surface area contributed by atoms with Crippen LogP contribution in [0.4, 0.5) is 5.69 Å². The van der Waals surface area contributed by atoms with Gasteiger partial charge in [0.1, 0.15) is 0 Å². The zero-order chi connectivity index (χ0) is 23.2. The molecule has 0 radical (unpaired) electrons. The van der Waals surface area contributed by atoms with E-state index < -0.39 is 28.9 Å². The average molecular weight is 474 g/mol. The van der Waals surface area contributed by atoms with Gasteiger partial charge in [0.25, 0.3) is 0 Å². The van der Waals surface area contributed by atoms with E-state index in [9.17, 15) is 19.2 Å². The van der Waals surface area contributed by atoms with E-state index in [0.717, 1.165) is 0 Å². The van der Waals surface area contributed by atoms with Gasteiger partial charge in [-0.1, -0.05) is 47.5 Å². The maximum atomic E-state index is 13.7. The molecule has 1 heterocycles. The fraction of sp³-hybridized carbons (Fsp3) is 0.217. The molecule has 4 rings (SSSR count). The van der Waals surface area contributed by atoms with Gasteiger partial charge in [-0.25, -0.2) is 0 Å². The van der Waals surface area contributed by atoms with Crippen LogP contribution in [0.15, 0.2) is 47.7 Å². The summed E-state index contributed by atoms with van der Waals surface area (Å²) < 4.78 is 10.5. The Kier molecular flexibility index (Phi) is 5.56. The van der Waals surface area contributed by atoms with E-state index >= 15 is 0 Å². The maximum Gasteiger partial charge on any atom is 0.333 e. The Bertz CT molecular complexity index is 1210. The quantitative estimate of drug-likeness (QED) is 0.526. The lowest BCUT2D eigenvalue weighted by molar-refractivity contribution is -0.162. The second-order valence-corrected chi connectivity index (χ2v) is 7.92. The van der Waals surface area contributed by atoms with Crippen molar-refractivity contribution in [1.29, 1.82) is 0 Å². The molecule has 0 saturated heterocycles. The predicted molar refractivity (Wildman–Crippen MR) is 117 cm³/mol. The minimum Gasteiger partial charge on any atom is -0.465 e. The second-order valence-electron chi connectivity index (χ2n) is 7.08. The van der Waals surface area contributed by atoms with Crippen molar-refractivity contribution < 1.29 is 28.7 Å². The summed E-state index contributed by atoms with van der Waals surface area (Å²) in [6.45, 7) is 2.95. The summed E-state index contributed by atoms with van der Waals surface area (Å²) in [4.78, 5) is 54.1. The molecule has 1 aliphatic heterocycles. The monoisotopic (exact) mass is 473 g/mol. The number of carbonyl (C=O) groups excluding carboxylic acids is 4. The Morgan fingerprint density at radius 2 is 1.50 bits per heavy atom. The van der Waals surface area contributed by atoms with Crippen LogP contribution < -0.4 is 5.32 Å². The van der Waals surface area contributed by atoms with Crippen LogP contribution in [0.25, 0.3) is 0 Å². The Hall–Kier alpha value is -3.16. The number of hydrogen-bond donors (Lipinski definition) is 1. The largest absolute Gasteiger partial charge is 0.465 e. The van der Waals surface area contributed by atoms with Crippen molar-refractivity contribution in [2.75, 3.05) is 18.5 Å². The number of carbonyl (C=O) groups is 4. The fourth-order valence-corrected chi connectivity index (χ4v) is 4.64. The van der Waals surface area contributed by atoms with E-state index in [-0.39, 0.29) is 56.9 Å². The Labute approximate surface area is 193 Å². The molecule has 0 amide bonds. The molecule has 164 valence electrons. The lowest BCUT2D eigenvalue weighted by Gasteiger charge is -2.39. The molecule has 1 aliphatic carbocycles. The molecule has 0 atom stereocenters. The first kappa shape index (κ1) is 22.0. The SMILES string of the molecule is CCOC(=O)C1(C(=O)OCC)C2=C(Nc3c(Cl)cc(Cl)cc31)C(=O)c1ccccc1C2=O. The molecule has 0 aromatic heterocycles. The Morgan fingerprint density at radius 1 is 0.938 bits per heavy atom. The number of ether oxygens (including phenoxy) is 2. The molecular weight excluding hydrogens is 457 g/mol. The number of halogens is 2. The van der Waals surface area contributed by atoms with Crippen LogP contribution in [0.2, 0.25) is 10.0 Å². The summed E-state index contributed by atoms with van der Waals surface area (Å²) in [6.07, 6.45) is 0. The number of hydrogen-bond acceptors (Lipinski definition) is 7. The van der Waals surface area contributed by atoms with Crippen molar-refractivity contribution >= 4 is 52.4 Å². The van der Waals surface area contributed by atoms with Gasteiger partial charge in [0.05, 0.1) is 35.2 Å². The highest BCUT2D eigenvalue weighted by atomic mass is 35.5. The van der Waals surface area contributed by atoms with Gasteiger partial charge in [0.2, 0.25) is 11.2 Å². The highest BCUT2D eigenvalue weighted by Crippen LogP contribution is 2.51. The molecule has 2 aromatic carbocycles. The van der Waals surface area contributed by atoms with Gasteiger partial charge in [-0.05, 0) is 26.0 Å². The third kappa shape index (κ3) is 2.96. The first-order chi connectivity index (χ1) is 15.3. The standard InChI is InChI=1S/C23H17Cl2NO6/c1-3-31-21(29)23(22(30)32-4-2)14-9-11(24)10-15(25)17(14)26-18-16(23)19(27)12-7-5-6-8-13(12)20(18)28/h5-10,26H,3-4H2,1-2H3. The van der Waals surface area contributed by atoms with Gasteiger partial charge in [0.15, 0.2) is 5.78 Å². The van der Waals surface area contributed by atoms with Gasteiger partial charge in [-0.2, -0.15) is 0 Å². The minimum atomic E-state index is -2.39. The van der Waals surface area contributed by atoms with E-state index in [4.69, 9.17) is 32.7 Å². The zero-order valence-electron chi connectivity index (χ0n) is 17.1. The smallest absolute Gasteiger partial charge is 0.333 e. The van der Waals surface area contributed by atoms with Crippen LogP contribution in [0.1, 0.15) is 40.1 Å². The predicted octanol–water partition coefficient (Wildman–Crippen LogP) is 4.12. The summed E-state index contributed by atoms with van der Waals surface area (Å²) in [5.74, 6) is -3.37. The number of Topliss-reactive ketones (excluding diaryl/α,β-unsaturated/α-hetero) is 2. The number of rotatable bonds is 4. The van der Waals surface area contributed by atoms with Gasteiger partial charge >= 0.3 is 11.9 Å². The van der Waals surface area contributed by atoms with Crippen LogP contribution in [-0.2, 0) is 24.5 Å². The number of ketones is 2. The van der Waals surface area contributed by atoms with Crippen LogP contribution in [-0.4, -0.2) is 36.7 Å². The molecule has 0 saturated carbocycles. The van der Waals surface area contributed by atoms with Crippen LogP contribution in [0.3, 0.4) is 0 Å². The van der Waals surface area contributed by atoms with Crippen molar-refractivity contribution in [3.05, 3.63) is 74.4 Å². The number of fused-ring (bicyclic) bond motifs is 2. The van der Waals surface area contributed by atoms with E-state index in [2.05, 4.69) is 5.32 Å². The number of allylic oxidation sites excluding steroid dienone is 1. The number of anilines is 1. The van der Waals surface area contributed by atoms with Gasteiger partial charge < -0.3 is 14.8 Å². The summed E-state index contributed by atoms with van der Waals surface area (Å²) in [7, 11) is 0. The molecule has 9 heteroatoms. The fourth-order valence-electron chi connectivity index (χ4n) is 4.09. The number of benzene rings is 2. The topological polar surface area (TPSA) is 98.8 Å². The lowest BCUT2D eigenvalue weighted by atomic mass is 9.65. The molecule has 2 aliphatic rings. The van der Waals surface area contributed by atoms with Crippen molar-refractivity contribution in [3.8, 4) is 0 Å². The van der Waals surface area contributed by atoms with Gasteiger partial charge in [0, 0.05) is 21.7 Å². The van der Waals surface area contributed by atoms with Crippen LogP contribution >= 0.6 is 23.2 Å². The second kappa shape index (κ2) is 8.07. The van der Waals surface area contributed by atoms with Gasteiger partial charge in [-0.3, -0.25) is 19.2 Å². The van der Waals surface area contributed by atoms with Crippen molar-refractivity contribution in [3.63, 3.8) is 0 Å². The summed E-state index contributed by atoms with van der Waals surface area (Å²) in [5.41, 5.74) is -2.72. The number of nitrogens with one attached hydrogen (secondary N) is 1. The highest BCUT2D eigenvalue weighted by molar-refractivity contribution is 6.39. The molecule has 32 heavy (non-hydrogen) atoms. The third-order valence-corrected chi connectivity index (χ3v) is 5.88. The van der Waals surface area contributed by atoms with Crippen molar-refractivity contribution in [2.45, 2.75) is 19.3 Å². The molecule has 0 fully saturated rings. The highest BCUT2D eigenvalue weighted by Gasteiger charge is 2.62. The first-order valence-electron chi connectivity index (χ1n) is 9.83. The summed E-state index contributed by atoms with van der Waals surface area (Å²) in [6, 6.07) is 8.89. The van der Waals surface area contributed by atoms with Crippen molar-refractivity contribution in [2.24, 2.45) is 0 Å². The lowest BCUT2D eigenvalue weighted by Crippen LogP contribution is -2.54. The Morgan fingerprint density at radius 3 is 2.06 bits per heavy atom. The normalized spacial score (nSPS) is 15.9.